The summed E-state index contributed by atoms with van der Waals surface area (Å²) in [7, 11) is -2.99. The monoisotopic (exact) mass is 109 g/mol. The molecular formula is CH2O4P+. The number of carboxylic acid groups (broad SMARTS) is 1. The molecule has 0 radical (unpaired) electrons. The van der Waals surface area contributed by atoms with E-state index < -0.39 is 13.7 Å². The molecule has 0 fully saturated rings. The topological polar surface area (TPSA) is 74.6 Å². The van der Waals surface area contributed by atoms with E-state index in [2.05, 4.69) is 0 Å². The summed E-state index contributed by atoms with van der Waals surface area (Å²) in [5, 5.41) is 7.46. The van der Waals surface area contributed by atoms with Crippen LogP contribution >= 0.6 is 8.03 Å². The van der Waals surface area contributed by atoms with Crippen LogP contribution in [0, 0.1) is 0 Å². The quantitative estimate of drug-likeness (QED) is 0.478. The Bertz CT molecular complexity index is 73.5. The van der Waals surface area contributed by atoms with Gasteiger partial charge in [-0.05, 0) is 4.57 Å². The van der Waals surface area contributed by atoms with Crippen LogP contribution in [0.15, 0.2) is 0 Å². The van der Waals surface area contributed by atoms with Gasteiger partial charge in [0.15, 0.2) is 0 Å². The molecule has 0 amide bonds. The zero-order valence-electron chi connectivity index (χ0n) is 2.66. The molecule has 0 saturated heterocycles. The number of rotatable bonds is 1. The molecule has 1 atom stereocenters. The van der Waals surface area contributed by atoms with Crippen molar-refractivity contribution in [3.63, 3.8) is 0 Å². The molecule has 0 spiro atoms. The van der Waals surface area contributed by atoms with Crippen LogP contribution < -0.4 is 0 Å². The first-order valence-electron chi connectivity index (χ1n) is 1.03. The predicted molar refractivity (Wildman–Crippen MR) is 17.9 cm³/mol. The smallest absolute Gasteiger partial charge is 0.441 e. The summed E-state index contributed by atoms with van der Waals surface area (Å²) >= 11 is 0. The Morgan fingerprint density at radius 3 is 1.83 bits per heavy atom. The Labute approximate surface area is 34.3 Å². The third kappa shape index (κ3) is 1.81. The van der Waals surface area contributed by atoms with E-state index in [0.29, 0.717) is 0 Å². The Morgan fingerprint density at radius 2 is 1.83 bits per heavy atom. The van der Waals surface area contributed by atoms with Gasteiger partial charge in [0.2, 0.25) is 0 Å². The lowest BCUT2D eigenvalue weighted by molar-refractivity contribution is 0.217. The summed E-state index contributed by atoms with van der Waals surface area (Å²) in [4.78, 5) is 16.7. The molecule has 0 rings (SSSR count). The molecule has 0 bridgehead atoms. The van der Waals surface area contributed by atoms with E-state index >= 15 is 0 Å². The SMILES string of the molecule is O=C(O)[P+](=O)O. The van der Waals surface area contributed by atoms with Crippen molar-refractivity contribution in [3.8, 4) is 0 Å². The van der Waals surface area contributed by atoms with Gasteiger partial charge in [0.25, 0.3) is 0 Å². The lowest BCUT2D eigenvalue weighted by atomic mass is 11.6. The molecule has 1 unspecified atom stereocenters. The Morgan fingerprint density at radius 1 is 1.67 bits per heavy atom. The van der Waals surface area contributed by atoms with Crippen molar-refractivity contribution in [1.82, 2.24) is 0 Å². The number of hydrogen-bond acceptors (Lipinski definition) is 2. The summed E-state index contributed by atoms with van der Waals surface area (Å²) in [5.41, 5.74) is -1.68. The van der Waals surface area contributed by atoms with E-state index in [-0.39, 0.29) is 0 Å². The van der Waals surface area contributed by atoms with Crippen molar-refractivity contribution in [1.29, 1.82) is 0 Å². The average molecular weight is 109 g/mol. The first kappa shape index (κ1) is 5.53. The minimum atomic E-state index is -2.99. The van der Waals surface area contributed by atoms with Gasteiger partial charge in [0.1, 0.15) is 0 Å². The normalized spacial score (nSPS) is 10.5. The maximum atomic E-state index is 9.25. The van der Waals surface area contributed by atoms with Crippen LogP contribution in [0.4, 0.5) is 4.79 Å². The second-order valence-electron chi connectivity index (χ2n) is 0.556. The Hall–Kier alpha value is -0.470. The van der Waals surface area contributed by atoms with Crippen LogP contribution in [0.1, 0.15) is 0 Å². The van der Waals surface area contributed by atoms with Crippen molar-refractivity contribution in [2.24, 2.45) is 0 Å². The summed E-state index contributed by atoms with van der Waals surface area (Å²) in [6.07, 6.45) is 0. The molecule has 0 saturated carbocycles. The highest BCUT2D eigenvalue weighted by molar-refractivity contribution is 7.57. The first-order chi connectivity index (χ1) is 2.64. The van der Waals surface area contributed by atoms with E-state index in [9.17, 15) is 4.57 Å². The van der Waals surface area contributed by atoms with Crippen LogP contribution in [-0.4, -0.2) is 15.7 Å². The maximum absolute atomic E-state index is 9.25. The zero-order valence-corrected chi connectivity index (χ0v) is 3.55. The summed E-state index contributed by atoms with van der Waals surface area (Å²) in [6.45, 7) is 0. The highest BCUT2D eigenvalue weighted by Crippen LogP contribution is 2.11. The van der Waals surface area contributed by atoms with Crippen molar-refractivity contribution in [2.45, 2.75) is 0 Å². The molecule has 0 aliphatic rings. The van der Waals surface area contributed by atoms with E-state index in [1.807, 2.05) is 0 Å². The minimum Gasteiger partial charge on any atom is -0.441 e. The molecule has 0 aliphatic heterocycles. The van der Waals surface area contributed by atoms with Crippen LogP contribution in [0.2, 0.25) is 0 Å². The van der Waals surface area contributed by atoms with Gasteiger partial charge in [-0.25, -0.2) is 0 Å². The molecule has 0 heterocycles. The van der Waals surface area contributed by atoms with Crippen molar-refractivity contribution in [3.05, 3.63) is 0 Å². The second-order valence-corrected chi connectivity index (χ2v) is 1.48. The van der Waals surface area contributed by atoms with Crippen LogP contribution in [0.3, 0.4) is 0 Å². The highest BCUT2D eigenvalue weighted by atomic mass is 31.1. The van der Waals surface area contributed by atoms with Gasteiger partial charge >= 0.3 is 13.7 Å². The molecule has 0 aromatic rings. The van der Waals surface area contributed by atoms with E-state index in [1.54, 1.807) is 0 Å². The van der Waals surface area contributed by atoms with Gasteiger partial charge in [0.05, 0.1) is 0 Å². The van der Waals surface area contributed by atoms with Gasteiger partial charge in [-0.3, -0.25) is 0 Å². The lowest BCUT2D eigenvalue weighted by Gasteiger charge is -1.55. The second kappa shape index (κ2) is 1.85. The lowest BCUT2D eigenvalue weighted by Crippen LogP contribution is -1.77. The van der Waals surface area contributed by atoms with Crippen molar-refractivity contribution in [2.75, 3.05) is 0 Å². The van der Waals surface area contributed by atoms with Gasteiger partial charge in [-0.1, -0.05) is 0 Å². The van der Waals surface area contributed by atoms with Crippen molar-refractivity contribution < 1.29 is 19.4 Å². The Kier molecular flexibility index (Phi) is 1.70. The summed E-state index contributed by atoms with van der Waals surface area (Å²) in [5.74, 6) is 0. The number of hydrogen-bond donors (Lipinski definition) is 2. The molecule has 0 aromatic carbocycles. The largest absolute Gasteiger partial charge is 0.633 e. The van der Waals surface area contributed by atoms with Crippen LogP contribution in [-0.2, 0) is 4.57 Å². The van der Waals surface area contributed by atoms with Gasteiger partial charge in [0, 0.05) is 0 Å². The fourth-order valence-corrected chi connectivity index (χ4v) is 0. The summed E-state index contributed by atoms with van der Waals surface area (Å²) in [6, 6.07) is 0. The van der Waals surface area contributed by atoms with Gasteiger partial charge in [-0.15, -0.1) is 0 Å². The average Bonchev–Trinajstić information content (AvgIpc) is 1.36. The Balaban J connectivity index is 3.57. The van der Waals surface area contributed by atoms with Crippen molar-refractivity contribution >= 4 is 13.7 Å². The fourth-order valence-electron chi connectivity index (χ4n) is 0. The summed E-state index contributed by atoms with van der Waals surface area (Å²) < 4.78 is 9.25. The van der Waals surface area contributed by atoms with E-state index in [0.717, 1.165) is 0 Å². The maximum Gasteiger partial charge on any atom is 0.633 e. The molecule has 2 N–H and O–H groups in total. The van der Waals surface area contributed by atoms with Crippen LogP contribution in [0.5, 0.6) is 0 Å². The van der Waals surface area contributed by atoms with Gasteiger partial charge in [-0.2, -0.15) is 9.69 Å². The zero-order chi connectivity index (χ0) is 5.15. The molecule has 0 aliphatic carbocycles. The van der Waals surface area contributed by atoms with E-state index in [4.69, 9.17) is 14.8 Å². The molecule has 4 nitrogen and oxygen atoms in total. The molecule has 0 aromatic heterocycles. The fraction of sp³-hybridized carbons (Fsp3) is 0. The molecule has 34 valence electrons. The molecular weight excluding hydrogens is 107 g/mol. The van der Waals surface area contributed by atoms with E-state index in [1.165, 1.54) is 0 Å². The molecule has 5 heteroatoms. The molecule has 6 heavy (non-hydrogen) atoms. The standard InChI is InChI=1S/CHO4P/c2-1(3)6(4)5/h(H-,2,3,4,5)/p+1. The highest BCUT2D eigenvalue weighted by Gasteiger charge is 2.23. The van der Waals surface area contributed by atoms with Gasteiger partial charge < -0.3 is 5.11 Å². The third-order valence-electron chi connectivity index (χ3n) is 0.164. The first-order valence-corrected chi connectivity index (χ1v) is 2.25. The van der Waals surface area contributed by atoms with Crippen LogP contribution in [0.25, 0.3) is 0 Å². The minimum absolute atomic E-state index is 1.68. The third-order valence-corrected chi connectivity index (χ3v) is 0.491. The number of carbonyl (C=O) groups is 1. The predicted octanol–water partition coefficient (Wildman–Crippen LogP) is 0.399.